The van der Waals surface area contributed by atoms with Gasteiger partial charge in [0.25, 0.3) is 0 Å². The minimum Gasteiger partial charge on any atom is -0.458 e. The smallest absolute Gasteiger partial charge is 0.305 e. The van der Waals surface area contributed by atoms with Gasteiger partial charge in [-0.2, -0.15) is 4.98 Å². The fourth-order valence-electron chi connectivity index (χ4n) is 2.87. The summed E-state index contributed by atoms with van der Waals surface area (Å²) in [6.07, 6.45) is 2.54. The average Bonchev–Trinajstić information content (AvgIpc) is 3.44. The van der Waals surface area contributed by atoms with Gasteiger partial charge < -0.3 is 10.1 Å². The van der Waals surface area contributed by atoms with Crippen LogP contribution in [0.15, 0.2) is 36.4 Å². The van der Waals surface area contributed by atoms with Gasteiger partial charge in [-0.05, 0) is 43.0 Å². The predicted octanol–water partition coefficient (Wildman–Crippen LogP) is 2.56. The number of hydrazine groups is 1. The lowest BCUT2D eigenvalue weighted by molar-refractivity contribution is 0.273. The van der Waals surface area contributed by atoms with E-state index in [2.05, 4.69) is 15.3 Å². The average molecular weight is 383 g/mol. The van der Waals surface area contributed by atoms with Gasteiger partial charge >= 0.3 is 6.01 Å². The van der Waals surface area contributed by atoms with Gasteiger partial charge in [0.15, 0.2) is 5.82 Å². The summed E-state index contributed by atoms with van der Waals surface area (Å²) in [4.78, 5) is 8.75. The lowest BCUT2D eigenvalue weighted by Crippen LogP contribution is -2.37. The van der Waals surface area contributed by atoms with Crippen LogP contribution in [-0.4, -0.2) is 39.1 Å². The summed E-state index contributed by atoms with van der Waals surface area (Å²) in [5.41, 5.74) is 1.23. The minimum absolute atomic E-state index is 0.0838. The first-order valence-corrected chi connectivity index (χ1v) is 9.10. The summed E-state index contributed by atoms with van der Waals surface area (Å²) >= 11 is 0. The van der Waals surface area contributed by atoms with E-state index in [1.54, 1.807) is 12.1 Å². The highest BCUT2D eigenvalue weighted by Gasteiger charge is 2.21. The molecule has 1 aliphatic carbocycles. The monoisotopic (exact) mass is 383 g/mol. The van der Waals surface area contributed by atoms with E-state index < -0.39 is 5.82 Å². The molecule has 28 heavy (non-hydrogen) atoms. The van der Waals surface area contributed by atoms with Gasteiger partial charge in [-0.3, -0.25) is 10.4 Å². The van der Waals surface area contributed by atoms with E-state index in [0.29, 0.717) is 11.2 Å². The summed E-state index contributed by atoms with van der Waals surface area (Å²) in [5, 5.41) is 12.6. The van der Waals surface area contributed by atoms with Gasteiger partial charge in [0.1, 0.15) is 17.9 Å². The standard InChI is InChI=1S/C19H22FN7O/c1-26(22)18(21)27-15-6-3-5-14(20)17(15)25-19(27)28-11-13-4-2-7-16(24-13)23-10-12-8-9-12/h2-7,12,21H,8-11,22H2,1H3,(H,23,24). The fraction of sp³-hybridized carbons (Fsp3) is 0.316. The second-order valence-electron chi connectivity index (χ2n) is 6.90. The lowest BCUT2D eigenvalue weighted by Gasteiger charge is -2.16. The van der Waals surface area contributed by atoms with Crippen LogP contribution in [0.5, 0.6) is 6.01 Å². The molecular weight excluding hydrogens is 361 g/mol. The SMILES string of the molecule is CN(N)C(=N)n1c(OCc2cccc(NCC3CC3)n2)nc2c(F)cccc21. The Morgan fingerprint density at radius 2 is 2.11 bits per heavy atom. The molecule has 1 fully saturated rings. The summed E-state index contributed by atoms with van der Waals surface area (Å²) in [6.45, 7) is 1.05. The maximum atomic E-state index is 14.1. The number of ether oxygens (including phenoxy) is 1. The molecule has 9 heteroatoms. The zero-order valence-corrected chi connectivity index (χ0v) is 15.5. The number of nitrogens with one attached hydrogen (secondary N) is 2. The zero-order chi connectivity index (χ0) is 19.7. The van der Waals surface area contributed by atoms with E-state index in [-0.39, 0.29) is 24.1 Å². The third-order valence-corrected chi connectivity index (χ3v) is 4.58. The number of nitrogens with zero attached hydrogens (tertiary/aromatic N) is 4. The summed E-state index contributed by atoms with van der Waals surface area (Å²) < 4.78 is 21.3. The zero-order valence-electron chi connectivity index (χ0n) is 15.5. The molecule has 0 bridgehead atoms. The fourth-order valence-corrected chi connectivity index (χ4v) is 2.87. The molecule has 0 aliphatic heterocycles. The Kier molecular flexibility index (Phi) is 4.82. The number of aromatic nitrogens is 3. The molecule has 0 amide bonds. The highest BCUT2D eigenvalue weighted by atomic mass is 19.1. The van der Waals surface area contributed by atoms with E-state index >= 15 is 0 Å². The van der Waals surface area contributed by atoms with Crippen molar-refractivity contribution in [2.45, 2.75) is 19.4 Å². The number of hydrogen-bond donors (Lipinski definition) is 3. The quantitative estimate of drug-likeness (QED) is 0.261. The van der Waals surface area contributed by atoms with Gasteiger partial charge in [-0.25, -0.2) is 19.8 Å². The number of halogens is 1. The summed E-state index contributed by atoms with van der Waals surface area (Å²) in [6, 6.07) is 10.3. The predicted molar refractivity (Wildman–Crippen MR) is 105 cm³/mol. The lowest BCUT2D eigenvalue weighted by atomic mass is 10.3. The van der Waals surface area contributed by atoms with E-state index in [1.165, 1.54) is 30.5 Å². The molecule has 8 nitrogen and oxygen atoms in total. The van der Waals surface area contributed by atoms with Crippen LogP contribution in [0.1, 0.15) is 18.5 Å². The van der Waals surface area contributed by atoms with Crippen LogP contribution in [-0.2, 0) is 6.61 Å². The first-order chi connectivity index (χ1) is 13.5. The molecule has 0 spiro atoms. The first kappa shape index (κ1) is 18.2. The van der Waals surface area contributed by atoms with Gasteiger partial charge in [-0.1, -0.05) is 12.1 Å². The van der Waals surface area contributed by atoms with E-state index in [1.807, 2.05) is 18.2 Å². The molecule has 3 aromatic rings. The molecule has 0 unspecified atom stereocenters. The van der Waals surface area contributed by atoms with Crippen molar-refractivity contribution >= 4 is 22.8 Å². The molecule has 146 valence electrons. The number of pyridine rings is 1. The van der Waals surface area contributed by atoms with Crippen LogP contribution in [0, 0.1) is 17.1 Å². The van der Waals surface area contributed by atoms with Crippen LogP contribution in [0.3, 0.4) is 0 Å². The maximum absolute atomic E-state index is 14.1. The Morgan fingerprint density at radius 1 is 1.32 bits per heavy atom. The van der Waals surface area contributed by atoms with Crippen LogP contribution in [0.4, 0.5) is 10.2 Å². The van der Waals surface area contributed by atoms with Crippen LogP contribution in [0.25, 0.3) is 11.0 Å². The van der Waals surface area contributed by atoms with Crippen molar-refractivity contribution in [1.82, 2.24) is 19.5 Å². The summed E-state index contributed by atoms with van der Waals surface area (Å²) in [7, 11) is 1.52. The van der Waals surface area contributed by atoms with Gasteiger partial charge in [-0.15, -0.1) is 0 Å². The minimum atomic E-state index is -0.488. The number of fused-ring (bicyclic) bond motifs is 1. The van der Waals surface area contributed by atoms with Crippen LogP contribution in [0.2, 0.25) is 0 Å². The van der Waals surface area contributed by atoms with Crippen molar-refractivity contribution in [1.29, 1.82) is 5.41 Å². The number of hydrogen-bond acceptors (Lipinski definition) is 6. The number of benzene rings is 1. The van der Waals surface area contributed by atoms with Gasteiger partial charge in [0.2, 0.25) is 5.96 Å². The molecule has 0 atom stereocenters. The molecule has 2 aromatic heterocycles. The second kappa shape index (κ2) is 7.43. The Morgan fingerprint density at radius 3 is 2.86 bits per heavy atom. The number of nitrogens with two attached hydrogens (primary N) is 1. The third kappa shape index (κ3) is 3.74. The molecule has 0 radical (unpaired) electrons. The molecule has 1 aromatic carbocycles. The second-order valence-corrected chi connectivity index (χ2v) is 6.90. The van der Waals surface area contributed by atoms with Crippen molar-refractivity contribution in [2.24, 2.45) is 11.8 Å². The number of para-hydroxylation sites is 1. The molecule has 1 aliphatic rings. The van der Waals surface area contributed by atoms with Crippen LogP contribution < -0.4 is 15.9 Å². The largest absolute Gasteiger partial charge is 0.458 e. The Labute approximate surface area is 161 Å². The normalized spacial score (nSPS) is 13.5. The van der Waals surface area contributed by atoms with Gasteiger partial charge in [0.05, 0.1) is 11.2 Å². The Hall–Kier alpha value is -3.20. The first-order valence-electron chi connectivity index (χ1n) is 9.10. The molecule has 1 saturated carbocycles. The highest BCUT2D eigenvalue weighted by Crippen LogP contribution is 2.28. The van der Waals surface area contributed by atoms with E-state index in [9.17, 15) is 4.39 Å². The van der Waals surface area contributed by atoms with E-state index in [4.69, 9.17) is 16.0 Å². The van der Waals surface area contributed by atoms with Crippen molar-refractivity contribution in [3.63, 3.8) is 0 Å². The molecule has 2 heterocycles. The van der Waals surface area contributed by atoms with Crippen molar-refractivity contribution in [2.75, 3.05) is 18.9 Å². The third-order valence-electron chi connectivity index (χ3n) is 4.58. The number of imidazole rings is 1. The Bertz CT molecular complexity index is 1010. The molecular formula is C19H22FN7O. The van der Waals surface area contributed by atoms with Crippen molar-refractivity contribution in [3.8, 4) is 6.01 Å². The van der Waals surface area contributed by atoms with E-state index in [0.717, 1.165) is 23.3 Å². The molecule has 4 rings (SSSR count). The number of rotatable bonds is 6. The van der Waals surface area contributed by atoms with Crippen molar-refractivity contribution in [3.05, 3.63) is 47.9 Å². The topological polar surface area (TPSA) is 105 Å². The maximum Gasteiger partial charge on any atom is 0.305 e. The summed E-state index contributed by atoms with van der Waals surface area (Å²) in [5.74, 6) is 6.67. The molecule has 0 saturated heterocycles. The Balaban J connectivity index is 1.57. The highest BCUT2D eigenvalue weighted by molar-refractivity contribution is 5.92. The molecule has 4 N–H and O–H groups in total. The van der Waals surface area contributed by atoms with Crippen LogP contribution >= 0.6 is 0 Å². The number of anilines is 1. The van der Waals surface area contributed by atoms with Gasteiger partial charge in [0, 0.05) is 13.6 Å². The van der Waals surface area contributed by atoms with Crippen molar-refractivity contribution < 1.29 is 9.13 Å².